The summed E-state index contributed by atoms with van der Waals surface area (Å²) in [5.41, 5.74) is 2.07. The summed E-state index contributed by atoms with van der Waals surface area (Å²) in [5.74, 6) is 0.855. The zero-order chi connectivity index (χ0) is 11.3. The van der Waals surface area contributed by atoms with Gasteiger partial charge in [0.25, 0.3) is 0 Å². The van der Waals surface area contributed by atoms with Crippen LogP contribution in [0.25, 0.3) is 0 Å². The zero-order valence-corrected chi connectivity index (χ0v) is 11.2. The average Bonchev–Trinajstić information content (AvgIpc) is 2.16. The molecular weight excluding hydrogens is 254 g/mol. The highest BCUT2D eigenvalue weighted by atomic mass is 79.9. The number of hydrogen-bond acceptors (Lipinski definition) is 3. The number of halogens is 1. The molecule has 0 aliphatic heterocycles. The SMILES string of the molecule is CCCN(CCBr)c1nc(C)cc(C)n1. The van der Waals surface area contributed by atoms with Crippen molar-refractivity contribution in [3.05, 3.63) is 17.5 Å². The second-order valence-corrected chi connectivity index (χ2v) is 4.42. The molecule has 1 rings (SSSR count). The molecule has 0 radical (unpaired) electrons. The van der Waals surface area contributed by atoms with Gasteiger partial charge in [-0.15, -0.1) is 0 Å². The minimum absolute atomic E-state index is 0.855. The minimum atomic E-state index is 0.855. The van der Waals surface area contributed by atoms with Gasteiger partial charge in [-0.3, -0.25) is 0 Å². The molecule has 0 bridgehead atoms. The van der Waals surface area contributed by atoms with Gasteiger partial charge < -0.3 is 4.90 Å². The smallest absolute Gasteiger partial charge is 0.225 e. The van der Waals surface area contributed by atoms with Crippen molar-refractivity contribution in [2.45, 2.75) is 27.2 Å². The van der Waals surface area contributed by atoms with Crippen molar-refractivity contribution < 1.29 is 0 Å². The van der Waals surface area contributed by atoms with Gasteiger partial charge in [-0.05, 0) is 26.3 Å². The van der Waals surface area contributed by atoms with Crippen LogP contribution in [0.1, 0.15) is 24.7 Å². The molecule has 0 spiro atoms. The Hall–Kier alpha value is -0.640. The van der Waals surface area contributed by atoms with Crippen molar-refractivity contribution in [3.8, 4) is 0 Å². The largest absolute Gasteiger partial charge is 0.340 e. The molecule has 0 aliphatic carbocycles. The number of aromatic nitrogens is 2. The van der Waals surface area contributed by atoms with E-state index in [0.717, 1.165) is 42.2 Å². The first-order chi connectivity index (χ1) is 7.17. The monoisotopic (exact) mass is 271 g/mol. The predicted molar refractivity (Wildman–Crippen MR) is 67.8 cm³/mol. The Morgan fingerprint density at radius 1 is 1.20 bits per heavy atom. The van der Waals surface area contributed by atoms with Crippen LogP contribution >= 0.6 is 15.9 Å². The van der Waals surface area contributed by atoms with E-state index in [1.165, 1.54) is 0 Å². The standard InChI is InChI=1S/C11H18BrN3/c1-4-6-15(7-5-12)11-13-9(2)8-10(3)14-11/h8H,4-7H2,1-3H3. The Bertz CT molecular complexity index is 288. The molecule has 0 amide bonds. The molecule has 0 aromatic carbocycles. The van der Waals surface area contributed by atoms with Gasteiger partial charge in [0.05, 0.1) is 0 Å². The second kappa shape index (κ2) is 6.05. The highest BCUT2D eigenvalue weighted by Crippen LogP contribution is 2.10. The number of alkyl halides is 1. The summed E-state index contributed by atoms with van der Waals surface area (Å²) in [4.78, 5) is 11.1. The van der Waals surface area contributed by atoms with E-state index in [1.54, 1.807) is 0 Å². The molecule has 1 heterocycles. The fourth-order valence-electron chi connectivity index (χ4n) is 1.53. The van der Waals surface area contributed by atoms with E-state index < -0.39 is 0 Å². The number of rotatable bonds is 5. The van der Waals surface area contributed by atoms with E-state index in [1.807, 2.05) is 19.9 Å². The molecule has 0 atom stereocenters. The molecule has 1 aromatic heterocycles. The van der Waals surface area contributed by atoms with E-state index in [-0.39, 0.29) is 0 Å². The first-order valence-corrected chi connectivity index (χ1v) is 6.42. The van der Waals surface area contributed by atoms with Crippen molar-refractivity contribution in [1.82, 2.24) is 9.97 Å². The maximum atomic E-state index is 4.47. The minimum Gasteiger partial charge on any atom is -0.340 e. The fourth-order valence-corrected chi connectivity index (χ4v) is 1.96. The Labute approximate surface area is 100 Å². The fraction of sp³-hybridized carbons (Fsp3) is 0.636. The number of anilines is 1. The lowest BCUT2D eigenvalue weighted by Gasteiger charge is -2.21. The van der Waals surface area contributed by atoms with Crippen LogP contribution in [0, 0.1) is 13.8 Å². The lowest BCUT2D eigenvalue weighted by Crippen LogP contribution is -2.28. The number of hydrogen-bond donors (Lipinski definition) is 0. The first kappa shape index (κ1) is 12.4. The highest BCUT2D eigenvalue weighted by molar-refractivity contribution is 9.09. The molecule has 0 saturated heterocycles. The van der Waals surface area contributed by atoms with Crippen LogP contribution in [-0.2, 0) is 0 Å². The van der Waals surface area contributed by atoms with Crippen LogP contribution < -0.4 is 4.90 Å². The van der Waals surface area contributed by atoms with Gasteiger partial charge in [0.2, 0.25) is 5.95 Å². The maximum Gasteiger partial charge on any atom is 0.225 e. The third-order valence-corrected chi connectivity index (χ3v) is 2.46. The third-order valence-electron chi connectivity index (χ3n) is 2.10. The topological polar surface area (TPSA) is 29.0 Å². The molecule has 0 aliphatic rings. The molecule has 0 N–H and O–H groups in total. The number of nitrogens with zero attached hydrogens (tertiary/aromatic N) is 3. The van der Waals surface area contributed by atoms with Gasteiger partial charge in [0, 0.05) is 29.8 Å². The van der Waals surface area contributed by atoms with E-state index in [0.29, 0.717) is 0 Å². The zero-order valence-electron chi connectivity index (χ0n) is 9.63. The lowest BCUT2D eigenvalue weighted by molar-refractivity contribution is 0.761. The third kappa shape index (κ3) is 3.78. The Morgan fingerprint density at radius 3 is 2.27 bits per heavy atom. The van der Waals surface area contributed by atoms with Gasteiger partial charge in [0.15, 0.2) is 0 Å². The lowest BCUT2D eigenvalue weighted by atomic mass is 10.3. The van der Waals surface area contributed by atoms with E-state index in [9.17, 15) is 0 Å². The summed E-state index contributed by atoms with van der Waals surface area (Å²) in [5, 5.41) is 0.948. The first-order valence-electron chi connectivity index (χ1n) is 5.30. The maximum absolute atomic E-state index is 4.47. The van der Waals surface area contributed by atoms with Crippen molar-refractivity contribution in [1.29, 1.82) is 0 Å². The highest BCUT2D eigenvalue weighted by Gasteiger charge is 2.08. The van der Waals surface area contributed by atoms with Crippen LogP contribution in [0.15, 0.2) is 6.07 Å². The molecule has 4 heteroatoms. The Morgan fingerprint density at radius 2 is 1.80 bits per heavy atom. The molecule has 3 nitrogen and oxygen atoms in total. The summed E-state index contributed by atoms with van der Waals surface area (Å²) < 4.78 is 0. The van der Waals surface area contributed by atoms with Crippen LogP contribution in [-0.4, -0.2) is 28.4 Å². The van der Waals surface area contributed by atoms with Gasteiger partial charge in [0.1, 0.15) is 0 Å². The molecule has 0 fully saturated rings. The normalized spacial score (nSPS) is 10.4. The Kier molecular flexibility index (Phi) is 5.02. The summed E-state index contributed by atoms with van der Waals surface area (Å²) in [6, 6.07) is 2.00. The Balaban J connectivity index is 2.88. The van der Waals surface area contributed by atoms with Crippen LogP contribution in [0.3, 0.4) is 0 Å². The van der Waals surface area contributed by atoms with E-state index in [4.69, 9.17) is 0 Å². The van der Waals surface area contributed by atoms with Gasteiger partial charge in [-0.25, -0.2) is 9.97 Å². The summed E-state index contributed by atoms with van der Waals surface area (Å²) in [7, 11) is 0. The number of aryl methyl sites for hydroxylation is 2. The molecule has 0 unspecified atom stereocenters. The van der Waals surface area contributed by atoms with Crippen molar-refractivity contribution >= 4 is 21.9 Å². The predicted octanol–water partition coefficient (Wildman–Crippen LogP) is 2.70. The quantitative estimate of drug-likeness (QED) is 0.772. The van der Waals surface area contributed by atoms with Crippen molar-refractivity contribution in [2.24, 2.45) is 0 Å². The van der Waals surface area contributed by atoms with E-state index in [2.05, 4.69) is 37.7 Å². The van der Waals surface area contributed by atoms with Gasteiger partial charge in [-0.2, -0.15) is 0 Å². The van der Waals surface area contributed by atoms with Crippen molar-refractivity contribution in [3.63, 3.8) is 0 Å². The van der Waals surface area contributed by atoms with Gasteiger partial charge in [-0.1, -0.05) is 22.9 Å². The summed E-state index contributed by atoms with van der Waals surface area (Å²) in [6.07, 6.45) is 1.11. The van der Waals surface area contributed by atoms with Crippen LogP contribution in [0.4, 0.5) is 5.95 Å². The summed E-state index contributed by atoms with van der Waals surface area (Å²) in [6.45, 7) is 8.15. The molecule has 15 heavy (non-hydrogen) atoms. The average molecular weight is 272 g/mol. The van der Waals surface area contributed by atoms with Crippen LogP contribution in [0.5, 0.6) is 0 Å². The van der Waals surface area contributed by atoms with Crippen LogP contribution in [0.2, 0.25) is 0 Å². The summed E-state index contributed by atoms with van der Waals surface area (Å²) >= 11 is 3.46. The van der Waals surface area contributed by atoms with E-state index >= 15 is 0 Å². The molecule has 0 saturated carbocycles. The molecule has 84 valence electrons. The van der Waals surface area contributed by atoms with Gasteiger partial charge >= 0.3 is 0 Å². The molecule has 1 aromatic rings. The second-order valence-electron chi connectivity index (χ2n) is 3.63. The molecular formula is C11H18BrN3. The van der Waals surface area contributed by atoms with Crippen molar-refractivity contribution in [2.75, 3.05) is 23.3 Å².